The number of hydrogen-bond donors (Lipinski definition) is 0. The Morgan fingerprint density at radius 3 is 2.75 bits per heavy atom. The fourth-order valence-electron chi connectivity index (χ4n) is 3.29. The first-order valence-corrected chi connectivity index (χ1v) is 10.0. The molecule has 1 aliphatic rings. The lowest BCUT2D eigenvalue weighted by Gasteiger charge is -2.25. The van der Waals surface area contributed by atoms with Crippen molar-refractivity contribution in [3.63, 3.8) is 0 Å². The zero-order valence-corrected chi connectivity index (χ0v) is 16.9. The van der Waals surface area contributed by atoms with Crippen LogP contribution < -0.4 is 9.47 Å². The van der Waals surface area contributed by atoms with Gasteiger partial charge < -0.3 is 14.4 Å². The van der Waals surface area contributed by atoms with Gasteiger partial charge in [0.2, 0.25) is 0 Å². The molecule has 2 aromatic rings. The lowest BCUT2D eigenvalue weighted by molar-refractivity contribution is 0.235. The molecule has 0 amide bonds. The summed E-state index contributed by atoms with van der Waals surface area (Å²) >= 11 is 6.40. The van der Waals surface area contributed by atoms with E-state index in [2.05, 4.69) is 9.89 Å². The van der Waals surface area contributed by atoms with E-state index in [1.807, 2.05) is 12.3 Å². The van der Waals surface area contributed by atoms with Crippen LogP contribution in [0.25, 0.3) is 0 Å². The maximum absolute atomic E-state index is 13.3. The van der Waals surface area contributed by atoms with Gasteiger partial charge in [-0.25, -0.2) is 4.39 Å². The van der Waals surface area contributed by atoms with Crippen molar-refractivity contribution in [2.75, 3.05) is 33.3 Å². The zero-order valence-electron chi connectivity index (χ0n) is 16.2. The van der Waals surface area contributed by atoms with Crippen molar-refractivity contribution in [3.05, 3.63) is 58.4 Å². The molecule has 150 valence electrons. The van der Waals surface area contributed by atoms with Crippen molar-refractivity contribution in [3.8, 4) is 11.5 Å². The quantitative estimate of drug-likeness (QED) is 0.582. The number of hydrogen-bond acceptors (Lipinski definition) is 4. The van der Waals surface area contributed by atoms with Crippen molar-refractivity contribution in [2.45, 2.75) is 25.9 Å². The van der Waals surface area contributed by atoms with Gasteiger partial charge in [0.1, 0.15) is 12.4 Å². The number of ether oxygens (including phenoxy) is 2. The van der Waals surface area contributed by atoms with Crippen LogP contribution in [0.2, 0.25) is 5.02 Å². The Morgan fingerprint density at radius 2 is 2.00 bits per heavy atom. The fourth-order valence-corrected chi connectivity index (χ4v) is 3.56. The number of methoxy groups -OCH3 is 1. The van der Waals surface area contributed by atoms with Gasteiger partial charge in [-0.05, 0) is 61.3 Å². The second-order valence-corrected chi connectivity index (χ2v) is 7.30. The normalized spacial score (nSPS) is 15.1. The Morgan fingerprint density at radius 1 is 1.18 bits per heavy atom. The molecule has 6 heteroatoms. The number of benzene rings is 2. The van der Waals surface area contributed by atoms with Gasteiger partial charge in [-0.3, -0.25) is 4.99 Å². The molecule has 0 bridgehead atoms. The predicted molar refractivity (Wildman–Crippen MR) is 111 cm³/mol. The average molecular weight is 405 g/mol. The minimum Gasteiger partial charge on any atom is -0.493 e. The summed E-state index contributed by atoms with van der Waals surface area (Å²) in [6.45, 7) is 4.30. The highest BCUT2D eigenvalue weighted by molar-refractivity contribution is 6.32. The first-order valence-electron chi connectivity index (χ1n) is 9.62. The third-order valence-electron chi connectivity index (χ3n) is 4.76. The predicted octanol–water partition coefficient (Wildman–Crippen LogP) is 4.97. The van der Waals surface area contributed by atoms with E-state index in [1.54, 1.807) is 25.3 Å². The molecular weight excluding hydrogens is 379 g/mol. The van der Waals surface area contributed by atoms with E-state index < -0.39 is 0 Å². The summed E-state index contributed by atoms with van der Waals surface area (Å²) in [5, 5.41) is 0.438. The van der Waals surface area contributed by atoms with Gasteiger partial charge in [0.05, 0.1) is 18.7 Å². The molecule has 0 spiro atoms. The van der Waals surface area contributed by atoms with E-state index in [-0.39, 0.29) is 12.4 Å². The minimum absolute atomic E-state index is 0.205. The molecule has 4 nitrogen and oxygen atoms in total. The molecule has 28 heavy (non-hydrogen) atoms. The standard InChI is InChI=1S/C22H26ClFN2O2/c1-27-21-14-18(15-25-8-11-26-9-3-2-4-10-26)13-20(23)22(21)28-16-17-6-5-7-19(24)12-17/h5-7,12-15H,2-4,8-11,16H2,1H3. The van der Waals surface area contributed by atoms with E-state index >= 15 is 0 Å². The second-order valence-electron chi connectivity index (χ2n) is 6.89. The molecule has 0 saturated carbocycles. The lowest BCUT2D eigenvalue weighted by atomic mass is 10.1. The molecule has 0 atom stereocenters. The van der Waals surface area contributed by atoms with Crippen LogP contribution in [0.4, 0.5) is 4.39 Å². The SMILES string of the molecule is COc1cc(C=NCCN2CCCCC2)cc(Cl)c1OCc1cccc(F)c1. The summed E-state index contributed by atoms with van der Waals surface area (Å²) in [6.07, 6.45) is 5.72. The van der Waals surface area contributed by atoms with Crippen LogP contribution in [0.15, 0.2) is 41.4 Å². The second kappa shape index (κ2) is 10.4. The van der Waals surface area contributed by atoms with Crippen LogP contribution in [-0.2, 0) is 6.61 Å². The Labute approximate surface area is 170 Å². The van der Waals surface area contributed by atoms with E-state index in [9.17, 15) is 4.39 Å². The molecule has 1 saturated heterocycles. The number of nitrogens with zero attached hydrogens (tertiary/aromatic N) is 2. The smallest absolute Gasteiger partial charge is 0.180 e. The monoisotopic (exact) mass is 404 g/mol. The summed E-state index contributed by atoms with van der Waals surface area (Å²) < 4.78 is 24.5. The van der Waals surface area contributed by atoms with Crippen LogP contribution in [0, 0.1) is 5.82 Å². The number of rotatable bonds is 8. The Bertz CT molecular complexity index is 807. The lowest BCUT2D eigenvalue weighted by Crippen LogP contribution is -2.31. The molecule has 0 N–H and O–H groups in total. The molecule has 0 unspecified atom stereocenters. The molecule has 1 fully saturated rings. The summed E-state index contributed by atoms with van der Waals surface area (Å²) in [7, 11) is 1.57. The van der Waals surface area contributed by atoms with Crippen molar-refractivity contribution in [2.24, 2.45) is 4.99 Å². The van der Waals surface area contributed by atoms with Gasteiger partial charge >= 0.3 is 0 Å². The van der Waals surface area contributed by atoms with Crippen molar-refractivity contribution >= 4 is 17.8 Å². The summed E-state index contributed by atoms with van der Waals surface area (Å²) in [4.78, 5) is 6.98. The van der Waals surface area contributed by atoms with Gasteiger partial charge in [0, 0.05) is 12.8 Å². The van der Waals surface area contributed by atoms with Gasteiger partial charge in [-0.15, -0.1) is 0 Å². The van der Waals surface area contributed by atoms with Gasteiger partial charge in [0.25, 0.3) is 0 Å². The molecule has 1 aliphatic heterocycles. The van der Waals surface area contributed by atoms with E-state index in [0.29, 0.717) is 16.5 Å². The highest BCUT2D eigenvalue weighted by Crippen LogP contribution is 2.36. The van der Waals surface area contributed by atoms with Gasteiger partial charge in [-0.1, -0.05) is 30.2 Å². The van der Waals surface area contributed by atoms with Crippen LogP contribution >= 0.6 is 11.6 Å². The Balaban J connectivity index is 1.61. The van der Waals surface area contributed by atoms with Crippen molar-refractivity contribution in [1.82, 2.24) is 4.90 Å². The fraction of sp³-hybridized carbons (Fsp3) is 0.409. The third kappa shape index (κ3) is 5.94. The maximum Gasteiger partial charge on any atom is 0.180 e. The Hall–Kier alpha value is -2.11. The first kappa shape index (κ1) is 20.6. The number of halogens is 2. The van der Waals surface area contributed by atoms with Gasteiger partial charge in [-0.2, -0.15) is 0 Å². The summed E-state index contributed by atoms with van der Waals surface area (Å²) in [5.41, 5.74) is 1.58. The summed E-state index contributed by atoms with van der Waals surface area (Å²) in [5.74, 6) is 0.676. The number of piperidine rings is 1. The number of likely N-dealkylation sites (tertiary alicyclic amines) is 1. The first-order chi connectivity index (χ1) is 13.7. The molecular formula is C22H26ClFN2O2. The molecule has 0 aromatic heterocycles. The Kier molecular flexibility index (Phi) is 7.69. The molecule has 0 aliphatic carbocycles. The van der Waals surface area contributed by atoms with Crippen molar-refractivity contribution < 1.29 is 13.9 Å². The maximum atomic E-state index is 13.3. The number of aliphatic imine (C=N–C) groups is 1. The molecule has 2 aromatic carbocycles. The van der Waals surface area contributed by atoms with Crippen LogP contribution in [0.5, 0.6) is 11.5 Å². The zero-order chi connectivity index (χ0) is 19.8. The summed E-state index contributed by atoms with van der Waals surface area (Å²) in [6, 6.07) is 9.93. The topological polar surface area (TPSA) is 34.1 Å². The molecule has 1 heterocycles. The van der Waals surface area contributed by atoms with E-state index in [1.165, 1.54) is 44.5 Å². The van der Waals surface area contributed by atoms with Crippen molar-refractivity contribution in [1.29, 1.82) is 0 Å². The average Bonchev–Trinajstić information content (AvgIpc) is 2.71. The van der Waals surface area contributed by atoms with Crippen LogP contribution in [-0.4, -0.2) is 44.4 Å². The van der Waals surface area contributed by atoms with Gasteiger partial charge in [0.15, 0.2) is 11.5 Å². The van der Waals surface area contributed by atoms with Crippen LogP contribution in [0.3, 0.4) is 0 Å². The van der Waals surface area contributed by atoms with E-state index in [4.69, 9.17) is 21.1 Å². The van der Waals surface area contributed by atoms with E-state index in [0.717, 1.165) is 24.2 Å². The minimum atomic E-state index is -0.296. The molecule has 3 rings (SSSR count). The molecule has 0 radical (unpaired) electrons. The van der Waals surface area contributed by atoms with Crippen LogP contribution in [0.1, 0.15) is 30.4 Å². The highest BCUT2D eigenvalue weighted by Gasteiger charge is 2.12. The highest BCUT2D eigenvalue weighted by atomic mass is 35.5. The largest absolute Gasteiger partial charge is 0.493 e. The third-order valence-corrected chi connectivity index (χ3v) is 5.04.